The molecule has 0 aromatic carbocycles. The second kappa shape index (κ2) is 13.6. The molecule has 1 aromatic rings. The number of aryl methyl sites for hydroxylation is 1. The molecule has 0 aliphatic rings. The summed E-state index contributed by atoms with van der Waals surface area (Å²) in [5.41, 5.74) is 0. The van der Waals surface area contributed by atoms with Gasteiger partial charge in [-0.3, -0.25) is 0 Å². The zero-order chi connectivity index (χ0) is 16.8. The number of rotatable bonds is 15. The SMILES string of the molecule is CCCCCCCCCCCCCC[C@H](CC)c1[nH]cc[n+]1C. The molecule has 2 heteroatoms. The molecule has 0 spiro atoms. The molecule has 1 aromatic heterocycles. The normalized spacial score (nSPS) is 12.7. The first-order valence-electron chi connectivity index (χ1n) is 10.3. The quantitative estimate of drug-likeness (QED) is 0.284. The number of aromatic nitrogens is 2. The number of hydrogen-bond donors (Lipinski definition) is 1. The molecule has 0 aliphatic heterocycles. The van der Waals surface area contributed by atoms with E-state index in [0.29, 0.717) is 5.92 Å². The zero-order valence-electron chi connectivity index (χ0n) is 16.1. The molecule has 0 bridgehead atoms. The van der Waals surface area contributed by atoms with E-state index in [4.69, 9.17) is 0 Å². The Morgan fingerprint density at radius 3 is 1.78 bits per heavy atom. The molecule has 0 unspecified atom stereocenters. The van der Waals surface area contributed by atoms with E-state index in [1.165, 1.54) is 95.7 Å². The molecular formula is C21H41N2+. The van der Waals surface area contributed by atoms with Crippen LogP contribution < -0.4 is 4.57 Å². The molecule has 1 atom stereocenters. The Labute approximate surface area is 145 Å². The van der Waals surface area contributed by atoms with Gasteiger partial charge in [-0.1, -0.05) is 90.9 Å². The van der Waals surface area contributed by atoms with Crippen molar-refractivity contribution < 1.29 is 4.57 Å². The van der Waals surface area contributed by atoms with Crippen molar-refractivity contribution in [1.82, 2.24) is 4.98 Å². The second-order valence-corrected chi connectivity index (χ2v) is 7.24. The van der Waals surface area contributed by atoms with Crippen LogP contribution in [0.25, 0.3) is 0 Å². The van der Waals surface area contributed by atoms with Crippen LogP contribution in [0.3, 0.4) is 0 Å². The molecule has 1 heterocycles. The molecule has 0 amide bonds. The highest BCUT2D eigenvalue weighted by Crippen LogP contribution is 2.22. The molecule has 1 rings (SSSR count). The summed E-state index contributed by atoms with van der Waals surface area (Å²) < 4.78 is 2.24. The van der Waals surface area contributed by atoms with E-state index in [9.17, 15) is 0 Å². The minimum Gasteiger partial charge on any atom is -0.247 e. The lowest BCUT2D eigenvalue weighted by atomic mass is 9.97. The summed E-state index contributed by atoms with van der Waals surface area (Å²) in [6.45, 7) is 4.60. The van der Waals surface area contributed by atoms with Crippen molar-refractivity contribution in [1.29, 1.82) is 0 Å². The van der Waals surface area contributed by atoms with Crippen LogP contribution in [0.15, 0.2) is 12.4 Å². The standard InChI is InChI=1S/C21H40N2/c1-4-6-7-8-9-10-11-12-13-14-15-16-17-20(5-2)21-22-18-19-23(21)3/h18-20H,4-17H2,1-3H3/p+1/t20-/m0/s1. The zero-order valence-corrected chi connectivity index (χ0v) is 16.1. The van der Waals surface area contributed by atoms with Gasteiger partial charge in [0.1, 0.15) is 12.4 Å². The van der Waals surface area contributed by atoms with Crippen molar-refractivity contribution in [3.8, 4) is 0 Å². The Hall–Kier alpha value is -0.790. The van der Waals surface area contributed by atoms with E-state index in [2.05, 4.69) is 42.8 Å². The Morgan fingerprint density at radius 2 is 1.35 bits per heavy atom. The monoisotopic (exact) mass is 321 g/mol. The van der Waals surface area contributed by atoms with Crippen LogP contribution in [0.2, 0.25) is 0 Å². The van der Waals surface area contributed by atoms with Crippen LogP contribution in [0.4, 0.5) is 0 Å². The maximum Gasteiger partial charge on any atom is 0.257 e. The van der Waals surface area contributed by atoms with Crippen LogP contribution in [0.1, 0.15) is 115 Å². The minimum absolute atomic E-state index is 0.707. The number of nitrogens with zero attached hydrogens (tertiary/aromatic N) is 1. The number of hydrogen-bond acceptors (Lipinski definition) is 0. The smallest absolute Gasteiger partial charge is 0.247 e. The first-order valence-corrected chi connectivity index (χ1v) is 10.3. The lowest BCUT2D eigenvalue weighted by Gasteiger charge is -2.10. The Kier molecular flexibility index (Phi) is 12.0. The van der Waals surface area contributed by atoms with Gasteiger partial charge < -0.3 is 0 Å². The summed E-state index contributed by atoms with van der Waals surface area (Å²) in [6, 6.07) is 0. The summed E-state index contributed by atoms with van der Waals surface area (Å²) in [7, 11) is 2.15. The maximum atomic E-state index is 3.41. The van der Waals surface area contributed by atoms with Crippen LogP contribution in [-0.2, 0) is 7.05 Å². The van der Waals surface area contributed by atoms with Crippen LogP contribution in [-0.4, -0.2) is 4.98 Å². The summed E-state index contributed by atoms with van der Waals surface area (Å²) >= 11 is 0. The third-order valence-electron chi connectivity index (χ3n) is 5.19. The topological polar surface area (TPSA) is 19.7 Å². The van der Waals surface area contributed by atoms with Crippen molar-refractivity contribution >= 4 is 0 Å². The van der Waals surface area contributed by atoms with Gasteiger partial charge in [-0.25, -0.2) is 9.55 Å². The van der Waals surface area contributed by atoms with Crippen molar-refractivity contribution in [2.75, 3.05) is 0 Å². The van der Waals surface area contributed by atoms with E-state index in [1.807, 2.05) is 0 Å². The number of unbranched alkanes of at least 4 members (excludes halogenated alkanes) is 11. The van der Waals surface area contributed by atoms with Crippen molar-refractivity contribution in [3.63, 3.8) is 0 Å². The highest BCUT2D eigenvalue weighted by atomic mass is 15.0. The van der Waals surface area contributed by atoms with E-state index in [1.54, 1.807) is 0 Å². The van der Waals surface area contributed by atoms with Crippen LogP contribution >= 0.6 is 0 Å². The minimum atomic E-state index is 0.707. The lowest BCUT2D eigenvalue weighted by molar-refractivity contribution is -0.679. The van der Waals surface area contributed by atoms with Gasteiger partial charge in [0.15, 0.2) is 0 Å². The van der Waals surface area contributed by atoms with Gasteiger partial charge in [0.25, 0.3) is 5.82 Å². The largest absolute Gasteiger partial charge is 0.257 e. The van der Waals surface area contributed by atoms with Crippen molar-refractivity contribution in [2.24, 2.45) is 7.05 Å². The summed E-state index contributed by atoms with van der Waals surface area (Å²) in [6.07, 6.45) is 24.0. The number of imidazole rings is 1. The molecule has 1 N–H and O–H groups in total. The van der Waals surface area contributed by atoms with Gasteiger partial charge in [0, 0.05) is 0 Å². The van der Waals surface area contributed by atoms with E-state index in [0.717, 1.165) is 0 Å². The number of nitrogens with one attached hydrogen (secondary N) is 1. The predicted octanol–water partition coefficient (Wildman–Crippen LogP) is 6.42. The molecule has 0 saturated heterocycles. The lowest BCUT2D eigenvalue weighted by Crippen LogP contribution is -2.32. The van der Waals surface area contributed by atoms with Crippen LogP contribution in [0, 0.1) is 0 Å². The maximum absolute atomic E-state index is 3.41. The predicted molar refractivity (Wildman–Crippen MR) is 101 cm³/mol. The highest BCUT2D eigenvalue weighted by molar-refractivity contribution is 4.88. The Balaban J connectivity index is 1.92. The number of aromatic amines is 1. The second-order valence-electron chi connectivity index (χ2n) is 7.24. The average Bonchev–Trinajstić information content (AvgIpc) is 2.98. The summed E-state index contributed by atoms with van der Waals surface area (Å²) in [5, 5.41) is 0. The third kappa shape index (κ3) is 9.17. The highest BCUT2D eigenvalue weighted by Gasteiger charge is 2.18. The molecular weight excluding hydrogens is 280 g/mol. The van der Waals surface area contributed by atoms with E-state index < -0.39 is 0 Å². The van der Waals surface area contributed by atoms with E-state index in [-0.39, 0.29) is 0 Å². The molecule has 0 saturated carbocycles. The molecule has 134 valence electrons. The van der Waals surface area contributed by atoms with Crippen LogP contribution in [0.5, 0.6) is 0 Å². The fourth-order valence-electron chi connectivity index (χ4n) is 3.59. The number of H-pyrrole nitrogens is 1. The Morgan fingerprint density at radius 1 is 0.826 bits per heavy atom. The average molecular weight is 322 g/mol. The van der Waals surface area contributed by atoms with Crippen molar-refractivity contribution in [2.45, 2.75) is 110 Å². The first kappa shape index (κ1) is 20.3. The molecule has 2 nitrogen and oxygen atoms in total. The van der Waals surface area contributed by atoms with Gasteiger partial charge in [-0.2, -0.15) is 0 Å². The van der Waals surface area contributed by atoms with Gasteiger partial charge in [-0.05, 0) is 12.8 Å². The molecule has 0 aliphatic carbocycles. The summed E-state index contributed by atoms with van der Waals surface area (Å²) in [4.78, 5) is 3.41. The molecule has 0 fully saturated rings. The van der Waals surface area contributed by atoms with Gasteiger partial charge in [0.2, 0.25) is 0 Å². The summed E-state index contributed by atoms with van der Waals surface area (Å²) in [5.74, 6) is 2.11. The Bertz CT molecular complexity index is 370. The van der Waals surface area contributed by atoms with Gasteiger partial charge in [0.05, 0.1) is 13.0 Å². The molecule has 0 radical (unpaired) electrons. The molecule has 23 heavy (non-hydrogen) atoms. The fourth-order valence-corrected chi connectivity index (χ4v) is 3.59. The third-order valence-corrected chi connectivity index (χ3v) is 5.19. The van der Waals surface area contributed by atoms with E-state index >= 15 is 0 Å². The van der Waals surface area contributed by atoms with Gasteiger partial charge in [-0.15, -0.1) is 0 Å². The van der Waals surface area contributed by atoms with Gasteiger partial charge >= 0.3 is 0 Å². The van der Waals surface area contributed by atoms with Crippen molar-refractivity contribution in [3.05, 3.63) is 18.2 Å². The fraction of sp³-hybridized carbons (Fsp3) is 0.857. The first-order chi connectivity index (χ1) is 11.3.